The number of carbonyl (C=O) groups excluding carboxylic acids is 1. The largest absolute Gasteiger partial charge is 0.480 e. The number of carbonyl (C=O) groups is 2. The summed E-state index contributed by atoms with van der Waals surface area (Å²) in [7, 11) is 0. The standard InChI is InChI=1S/C11H20N2O3/c1-3-10(2,7-12)8(14)13-11(9(15)16)5-4-6-11/h3-7,12H2,1-2H3,(H,13,14)(H,15,16). The van der Waals surface area contributed by atoms with E-state index in [1.165, 1.54) is 0 Å². The van der Waals surface area contributed by atoms with Crippen LogP contribution in [0.2, 0.25) is 0 Å². The summed E-state index contributed by atoms with van der Waals surface area (Å²) in [5, 5.41) is 11.8. The smallest absolute Gasteiger partial charge is 0.329 e. The van der Waals surface area contributed by atoms with Gasteiger partial charge >= 0.3 is 5.97 Å². The van der Waals surface area contributed by atoms with Crippen molar-refractivity contribution in [2.75, 3.05) is 6.54 Å². The molecule has 0 aromatic heterocycles. The first-order valence-electron chi connectivity index (χ1n) is 5.66. The van der Waals surface area contributed by atoms with Crippen molar-refractivity contribution in [2.45, 2.75) is 45.1 Å². The lowest BCUT2D eigenvalue weighted by molar-refractivity contribution is -0.153. The summed E-state index contributed by atoms with van der Waals surface area (Å²) in [5.41, 5.74) is 3.86. The van der Waals surface area contributed by atoms with E-state index >= 15 is 0 Å². The number of nitrogens with two attached hydrogens (primary N) is 1. The first-order chi connectivity index (χ1) is 7.40. The lowest BCUT2D eigenvalue weighted by atomic mass is 9.75. The number of hydrogen-bond donors (Lipinski definition) is 3. The van der Waals surface area contributed by atoms with E-state index in [2.05, 4.69) is 5.32 Å². The maximum Gasteiger partial charge on any atom is 0.329 e. The number of carboxylic acids is 1. The number of amides is 1. The van der Waals surface area contributed by atoms with Crippen LogP contribution in [0.5, 0.6) is 0 Å². The summed E-state index contributed by atoms with van der Waals surface area (Å²) in [5.74, 6) is -1.19. The van der Waals surface area contributed by atoms with Gasteiger partial charge in [-0.05, 0) is 32.6 Å². The van der Waals surface area contributed by atoms with Crippen molar-refractivity contribution < 1.29 is 14.7 Å². The third-order valence-electron chi connectivity index (χ3n) is 3.75. The highest BCUT2D eigenvalue weighted by Gasteiger charge is 2.47. The molecular formula is C11H20N2O3. The Morgan fingerprint density at radius 1 is 1.50 bits per heavy atom. The molecular weight excluding hydrogens is 208 g/mol. The lowest BCUT2D eigenvalue weighted by Crippen LogP contribution is -2.62. The molecule has 1 amide bonds. The number of nitrogens with one attached hydrogen (secondary N) is 1. The van der Waals surface area contributed by atoms with Crippen LogP contribution in [0.1, 0.15) is 39.5 Å². The van der Waals surface area contributed by atoms with Crippen molar-refractivity contribution in [1.29, 1.82) is 0 Å². The van der Waals surface area contributed by atoms with E-state index in [-0.39, 0.29) is 12.5 Å². The average Bonchev–Trinajstić information content (AvgIpc) is 2.21. The summed E-state index contributed by atoms with van der Waals surface area (Å²) >= 11 is 0. The minimum atomic E-state index is -1.04. The molecule has 5 heteroatoms. The van der Waals surface area contributed by atoms with Crippen molar-refractivity contribution in [3.8, 4) is 0 Å². The van der Waals surface area contributed by atoms with Crippen LogP contribution in [0.15, 0.2) is 0 Å². The van der Waals surface area contributed by atoms with Crippen LogP contribution >= 0.6 is 0 Å². The summed E-state index contributed by atoms with van der Waals surface area (Å²) < 4.78 is 0. The van der Waals surface area contributed by atoms with Crippen LogP contribution in [0.25, 0.3) is 0 Å². The number of rotatable bonds is 5. The van der Waals surface area contributed by atoms with Crippen molar-refractivity contribution in [1.82, 2.24) is 5.32 Å². The Morgan fingerprint density at radius 2 is 2.06 bits per heavy atom. The molecule has 0 aromatic carbocycles. The molecule has 1 rings (SSSR count). The van der Waals surface area contributed by atoms with Gasteiger partial charge in [-0.1, -0.05) is 6.92 Å². The van der Waals surface area contributed by atoms with E-state index < -0.39 is 16.9 Å². The Kier molecular flexibility index (Phi) is 3.57. The Balaban J connectivity index is 2.73. The molecule has 1 atom stereocenters. The van der Waals surface area contributed by atoms with Crippen LogP contribution in [0, 0.1) is 5.41 Å². The van der Waals surface area contributed by atoms with Gasteiger partial charge in [0.15, 0.2) is 0 Å². The fraction of sp³-hybridized carbons (Fsp3) is 0.818. The topological polar surface area (TPSA) is 92.4 Å². The Morgan fingerprint density at radius 3 is 2.31 bits per heavy atom. The second-order valence-corrected chi connectivity index (χ2v) is 4.81. The molecule has 1 unspecified atom stereocenters. The molecule has 5 nitrogen and oxygen atoms in total. The number of aliphatic carboxylic acids is 1. The van der Waals surface area contributed by atoms with Gasteiger partial charge in [-0.15, -0.1) is 0 Å². The van der Waals surface area contributed by atoms with Crippen molar-refractivity contribution in [3.63, 3.8) is 0 Å². The van der Waals surface area contributed by atoms with Crippen LogP contribution in [-0.2, 0) is 9.59 Å². The minimum Gasteiger partial charge on any atom is -0.480 e. The van der Waals surface area contributed by atoms with Gasteiger partial charge in [-0.3, -0.25) is 4.79 Å². The molecule has 0 saturated heterocycles. The van der Waals surface area contributed by atoms with Gasteiger partial charge in [0.05, 0.1) is 5.41 Å². The van der Waals surface area contributed by atoms with E-state index in [4.69, 9.17) is 10.8 Å². The average molecular weight is 228 g/mol. The van der Waals surface area contributed by atoms with Gasteiger partial charge in [-0.2, -0.15) is 0 Å². The molecule has 0 spiro atoms. The maximum atomic E-state index is 12.0. The van der Waals surface area contributed by atoms with Crippen LogP contribution in [0.3, 0.4) is 0 Å². The zero-order chi connectivity index (χ0) is 12.4. The first-order valence-corrected chi connectivity index (χ1v) is 5.66. The zero-order valence-corrected chi connectivity index (χ0v) is 9.88. The van der Waals surface area contributed by atoms with Crippen LogP contribution in [0.4, 0.5) is 0 Å². The van der Waals surface area contributed by atoms with E-state index in [1.807, 2.05) is 6.92 Å². The van der Waals surface area contributed by atoms with Gasteiger partial charge in [-0.25, -0.2) is 4.79 Å². The Hall–Kier alpha value is -1.10. The van der Waals surface area contributed by atoms with Crippen LogP contribution < -0.4 is 11.1 Å². The molecule has 1 fully saturated rings. The van der Waals surface area contributed by atoms with E-state index in [9.17, 15) is 9.59 Å². The summed E-state index contributed by atoms with van der Waals surface area (Å²) in [6.45, 7) is 3.86. The molecule has 92 valence electrons. The molecule has 16 heavy (non-hydrogen) atoms. The summed E-state index contributed by atoms with van der Waals surface area (Å²) in [6, 6.07) is 0. The monoisotopic (exact) mass is 228 g/mol. The van der Waals surface area contributed by atoms with Gasteiger partial charge in [0.2, 0.25) is 5.91 Å². The van der Waals surface area contributed by atoms with Crippen LogP contribution in [-0.4, -0.2) is 29.1 Å². The molecule has 0 radical (unpaired) electrons. The van der Waals surface area contributed by atoms with Gasteiger partial charge in [0.1, 0.15) is 5.54 Å². The summed E-state index contributed by atoms with van der Waals surface area (Å²) in [6.07, 6.45) is 2.47. The Bertz CT molecular complexity index is 294. The number of hydrogen-bond acceptors (Lipinski definition) is 3. The first kappa shape index (κ1) is 13.0. The minimum absolute atomic E-state index is 0.227. The van der Waals surface area contributed by atoms with Gasteiger partial charge in [0.25, 0.3) is 0 Å². The maximum absolute atomic E-state index is 12.0. The summed E-state index contributed by atoms with van der Waals surface area (Å²) in [4.78, 5) is 23.1. The van der Waals surface area contributed by atoms with Gasteiger partial charge in [0, 0.05) is 6.54 Å². The fourth-order valence-electron chi connectivity index (χ4n) is 1.69. The molecule has 4 N–H and O–H groups in total. The third kappa shape index (κ3) is 2.04. The number of carboxylic acid groups (broad SMARTS) is 1. The highest BCUT2D eigenvalue weighted by atomic mass is 16.4. The third-order valence-corrected chi connectivity index (χ3v) is 3.75. The zero-order valence-electron chi connectivity index (χ0n) is 9.88. The highest BCUT2D eigenvalue weighted by molar-refractivity contribution is 5.90. The van der Waals surface area contributed by atoms with Crippen molar-refractivity contribution in [2.24, 2.45) is 11.1 Å². The molecule has 0 bridgehead atoms. The van der Waals surface area contributed by atoms with E-state index in [1.54, 1.807) is 6.92 Å². The predicted octanol–water partition coefficient (Wildman–Crippen LogP) is 0.485. The van der Waals surface area contributed by atoms with Gasteiger partial charge < -0.3 is 16.2 Å². The molecule has 0 heterocycles. The highest BCUT2D eigenvalue weighted by Crippen LogP contribution is 2.33. The second-order valence-electron chi connectivity index (χ2n) is 4.81. The van der Waals surface area contributed by atoms with Crippen molar-refractivity contribution >= 4 is 11.9 Å². The lowest BCUT2D eigenvalue weighted by Gasteiger charge is -2.40. The molecule has 1 saturated carbocycles. The van der Waals surface area contributed by atoms with E-state index in [0.29, 0.717) is 19.3 Å². The molecule has 1 aliphatic rings. The predicted molar refractivity (Wildman–Crippen MR) is 59.8 cm³/mol. The Labute approximate surface area is 95.4 Å². The SMILES string of the molecule is CCC(C)(CN)C(=O)NC1(C(=O)O)CCC1. The molecule has 0 aliphatic heterocycles. The molecule has 0 aromatic rings. The second kappa shape index (κ2) is 4.41. The van der Waals surface area contributed by atoms with E-state index in [0.717, 1.165) is 6.42 Å². The quantitative estimate of drug-likeness (QED) is 0.638. The molecule has 1 aliphatic carbocycles. The fourth-order valence-corrected chi connectivity index (χ4v) is 1.69. The van der Waals surface area contributed by atoms with Crippen molar-refractivity contribution in [3.05, 3.63) is 0 Å². The normalized spacial score (nSPS) is 21.7.